The van der Waals surface area contributed by atoms with E-state index in [1.165, 1.54) is 16.3 Å². The Hall–Kier alpha value is -2.42. The van der Waals surface area contributed by atoms with E-state index in [1.54, 1.807) is 11.9 Å². The maximum absolute atomic E-state index is 13.0. The van der Waals surface area contributed by atoms with Crippen LogP contribution in [-0.4, -0.2) is 52.5 Å². The van der Waals surface area contributed by atoms with Crippen molar-refractivity contribution in [1.82, 2.24) is 15.6 Å². The number of anilines is 1. The Balaban J connectivity index is 2.17. The fourth-order valence-electron chi connectivity index (χ4n) is 2.69. The van der Waals surface area contributed by atoms with Crippen molar-refractivity contribution >= 4 is 21.7 Å². The molecule has 0 bridgehead atoms. The summed E-state index contributed by atoms with van der Waals surface area (Å²) in [6, 6.07) is 1.60. The maximum Gasteiger partial charge on any atom is 0.420 e. The zero-order valence-electron chi connectivity index (χ0n) is 15.6. The lowest BCUT2D eigenvalue weighted by Crippen LogP contribution is -2.69. The van der Waals surface area contributed by atoms with Crippen molar-refractivity contribution in [3.05, 3.63) is 18.2 Å². The number of amides is 2. The number of carbonyl (C=O) groups excluding carboxylic acids is 1. The molecule has 0 saturated carbocycles. The summed E-state index contributed by atoms with van der Waals surface area (Å²) in [5.41, 5.74) is -2.67. The summed E-state index contributed by atoms with van der Waals surface area (Å²) < 4.78 is 108. The zero-order valence-corrected chi connectivity index (χ0v) is 16.4. The molecule has 0 aromatic heterocycles. The number of hydrogen-bond donors (Lipinski definition) is 3. The van der Waals surface area contributed by atoms with Gasteiger partial charge in [0.1, 0.15) is 12.4 Å². The van der Waals surface area contributed by atoms with Crippen molar-refractivity contribution in [3.8, 4) is 5.75 Å². The van der Waals surface area contributed by atoms with Crippen LogP contribution in [0.3, 0.4) is 0 Å². The molecule has 3 N–H and O–H groups in total. The summed E-state index contributed by atoms with van der Waals surface area (Å²) in [6.07, 6.45) is -13.3. The van der Waals surface area contributed by atoms with Gasteiger partial charge in [-0.15, -0.1) is 4.83 Å². The molecule has 0 aliphatic carbocycles. The molecular formula is C15H18F6N4O4S. The van der Waals surface area contributed by atoms with E-state index in [2.05, 4.69) is 0 Å². The summed E-state index contributed by atoms with van der Waals surface area (Å²) in [6.45, 7) is 1.40. The number of likely N-dealkylation sites (N-methyl/N-ethyl adjacent to an activating group) is 1. The second-order valence-corrected chi connectivity index (χ2v) is 8.02. The van der Waals surface area contributed by atoms with Gasteiger partial charge in [-0.25, -0.2) is 13.2 Å². The highest BCUT2D eigenvalue weighted by molar-refractivity contribution is 7.89. The van der Waals surface area contributed by atoms with E-state index >= 15 is 0 Å². The van der Waals surface area contributed by atoms with Crippen LogP contribution in [0, 0.1) is 0 Å². The topological polar surface area (TPSA) is 99.8 Å². The molecule has 15 heteroatoms. The van der Waals surface area contributed by atoms with Gasteiger partial charge in [-0.1, -0.05) is 6.92 Å². The fourth-order valence-corrected chi connectivity index (χ4v) is 3.55. The van der Waals surface area contributed by atoms with Crippen molar-refractivity contribution in [2.24, 2.45) is 0 Å². The molecule has 8 nitrogen and oxygen atoms in total. The summed E-state index contributed by atoms with van der Waals surface area (Å²) in [4.78, 5) is 14.5. The van der Waals surface area contributed by atoms with Crippen molar-refractivity contribution < 1.29 is 44.3 Å². The molecule has 30 heavy (non-hydrogen) atoms. The Morgan fingerprint density at radius 1 is 1.17 bits per heavy atom. The standard InChI is InChI=1S/C15H18F6N4O4S/c1-3-13(14(16,17)18,15(19,20)21)22-12(26)23-24-30(27,28)9-4-5-10-11(8-9)29-7-6-25(10)2/h4-5,8,24H,3,6-7H2,1-2H3,(H2,22,23,26). The minimum atomic E-state index is -5.88. The second kappa shape index (κ2) is 8.02. The molecule has 0 unspecified atom stereocenters. The lowest BCUT2D eigenvalue weighted by atomic mass is 9.94. The van der Waals surface area contributed by atoms with Gasteiger partial charge in [0.05, 0.1) is 17.1 Å². The molecule has 1 heterocycles. The SMILES string of the molecule is CCC(NC(=O)NNS(=O)(=O)c1ccc2c(c1)OCCN2C)(C(F)(F)F)C(F)(F)F. The average molecular weight is 464 g/mol. The number of fused-ring (bicyclic) bond motifs is 1. The second-order valence-electron chi connectivity index (χ2n) is 6.34. The first kappa shape index (κ1) is 23.9. The van der Waals surface area contributed by atoms with E-state index in [1.807, 2.05) is 0 Å². The number of hydrazine groups is 1. The fraction of sp³-hybridized carbons (Fsp3) is 0.533. The van der Waals surface area contributed by atoms with Gasteiger partial charge in [0.15, 0.2) is 0 Å². The van der Waals surface area contributed by atoms with E-state index in [0.717, 1.165) is 17.4 Å². The van der Waals surface area contributed by atoms with Crippen LogP contribution in [-0.2, 0) is 10.0 Å². The van der Waals surface area contributed by atoms with Crippen LogP contribution >= 0.6 is 0 Å². The van der Waals surface area contributed by atoms with E-state index in [-0.39, 0.29) is 12.4 Å². The number of benzene rings is 1. The third kappa shape index (κ3) is 4.50. The van der Waals surface area contributed by atoms with Crippen LogP contribution < -0.4 is 25.2 Å². The lowest BCUT2D eigenvalue weighted by molar-refractivity contribution is -0.304. The van der Waals surface area contributed by atoms with Crippen molar-refractivity contribution in [1.29, 1.82) is 0 Å². The average Bonchev–Trinajstić information content (AvgIpc) is 2.62. The van der Waals surface area contributed by atoms with Crippen LogP contribution in [0.25, 0.3) is 0 Å². The third-order valence-electron chi connectivity index (χ3n) is 4.46. The summed E-state index contributed by atoms with van der Waals surface area (Å²) in [5, 5.41) is 0.782. The number of halogens is 6. The quantitative estimate of drug-likeness (QED) is 0.459. The number of urea groups is 1. The van der Waals surface area contributed by atoms with Gasteiger partial charge in [0.2, 0.25) is 5.54 Å². The Morgan fingerprint density at radius 3 is 2.30 bits per heavy atom. The normalized spacial score (nSPS) is 15.3. The van der Waals surface area contributed by atoms with Crippen LogP contribution in [0.2, 0.25) is 0 Å². The van der Waals surface area contributed by atoms with Gasteiger partial charge < -0.3 is 15.0 Å². The smallest absolute Gasteiger partial charge is 0.420 e. The first-order chi connectivity index (χ1) is 13.6. The number of rotatable bonds is 5. The van der Waals surface area contributed by atoms with Gasteiger partial charge in [-0.3, -0.25) is 5.43 Å². The van der Waals surface area contributed by atoms with Crippen molar-refractivity contribution in [3.63, 3.8) is 0 Å². The Labute approximate surface area is 167 Å². The monoisotopic (exact) mass is 464 g/mol. The first-order valence-corrected chi connectivity index (χ1v) is 9.84. The highest BCUT2D eigenvalue weighted by Gasteiger charge is 2.70. The third-order valence-corrected chi connectivity index (χ3v) is 5.71. The molecule has 1 aliphatic heterocycles. The van der Waals surface area contributed by atoms with E-state index < -0.39 is 45.3 Å². The van der Waals surface area contributed by atoms with Gasteiger partial charge >= 0.3 is 18.4 Å². The van der Waals surface area contributed by atoms with Crippen LogP contribution in [0.4, 0.5) is 36.8 Å². The van der Waals surface area contributed by atoms with E-state index in [9.17, 15) is 39.6 Å². The summed E-state index contributed by atoms with van der Waals surface area (Å²) >= 11 is 0. The zero-order chi connectivity index (χ0) is 23.0. The molecule has 2 rings (SSSR count). The molecule has 1 aliphatic rings. The largest absolute Gasteiger partial charge is 0.490 e. The number of nitrogens with zero attached hydrogens (tertiary/aromatic N) is 1. The number of alkyl halides is 6. The predicted octanol–water partition coefficient (Wildman–Crippen LogP) is 2.28. The lowest BCUT2D eigenvalue weighted by Gasteiger charge is -2.36. The first-order valence-electron chi connectivity index (χ1n) is 8.36. The van der Waals surface area contributed by atoms with E-state index in [0.29, 0.717) is 19.2 Å². The van der Waals surface area contributed by atoms with E-state index in [4.69, 9.17) is 4.74 Å². The van der Waals surface area contributed by atoms with Crippen molar-refractivity contribution in [2.75, 3.05) is 25.1 Å². The number of sulfonamides is 1. The molecule has 0 spiro atoms. The molecule has 1 aromatic carbocycles. The van der Waals surface area contributed by atoms with Gasteiger partial charge in [-0.05, 0) is 18.6 Å². The molecule has 2 amide bonds. The molecule has 1 aromatic rings. The molecule has 0 saturated heterocycles. The summed E-state index contributed by atoms with van der Waals surface area (Å²) in [7, 11) is -2.79. The van der Waals surface area contributed by atoms with Crippen LogP contribution in [0.15, 0.2) is 23.1 Å². The molecule has 0 fully saturated rings. The van der Waals surface area contributed by atoms with Crippen molar-refractivity contribution in [2.45, 2.75) is 36.1 Å². The molecule has 170 valence electrons. The van der Waals surface area contributed by atoms with Gasteiger partial charge in [0.25, 0.3) is 10.0 Å². The van der Waals surface area contributed by atoms with Gasteiger partial charge in [-0.2, -0.15) is 26.3 Å². The Bertz CT molecular complexity index is 889. The molecular weight excluding hydrogens is 446 g/mol. The highest BCUT2D eigenvalue weighted by atomic mass is 32.2. The number of carbonyl (C=O) groups is 1. The Morgan fingerprint density at radius 2 is 1.77 bits per heavy atom. The molecule has 0 radical (unpaired) electrons. The Kier molecular flexibility index (Phi) is 6.37. The minimum Gasteiger partial charge on any atom is -0.490 e. The van der Waals surface area contributed by atoms with Crippen LogP contribution in [0.1, 0.15) is 13.3 Å². The maximum atomic E-state index is 13.0. The number of nitrogens with one attached hydrogen (secondary N) is 3. The number of hydrogen-bond acceptors (Lipinski definition) is 5. The van der Waals surface area contributed by atoms with Gasteiger partial charge in [0, 0.05) is 13.1 Å². The molecule has 0 atom stereocenters. The number of ether oxygens (including phenoxy) is 1. The summed E-state index contributed by atoms with van der Waals surface area (Å²) in [5.74, 6) is 0.204. The van der Waals surface area contributed by atoms with Crippen LogP contribution in [0.5, 0.6) is 5.75 Å². The minimum absolute atomic E-state index is 0.204. The predicted molar refractivity (Wildman–Crippen MR) is 92.3 cm³/mol. The highest BCUT2D eigenvalue weighted by Crippen LogP contribution is 2.45.